The van der Waals surface area contributed by atoms with Gasteiger partial charge < -0.3 is 0 Å². The summed E-state index contributed by atoms with van der Waals surface area (Å²) in [5.74, 6) is -0.0568. The second-order valence-electron chi connectivity index (χ2n) is 1.82. The van der Waals surface area contributed by atoms with Gasteiger partial charge in [-0.05, 0) is 6.42 Å². The van der Waals surface area contributed by atoms with E-state index in [1.807, 2.05) is 6.92 Å². The summed E-state index contributed by atoms with van der Waals surface area (Å²) >= 11 is 0. The maximum atomic E-state index is 10.6. The maximum Gasteiger partial charge on any atom is 0.263 e. The van der Waals surface area contributed by atoms with Gasteiger partial charge in [0.1, 0.15) is 0 Å². The van der Waals surface area contributed by atoms with Gasteiger partial charge in [0.15, 0.2) is 0 Å². The minimum atomic E-state index is -3.49. The number of unbranched alkanes of at least 4 members (excludes halogenated alkanes) is 1. The Hall–Kier alpha value is -0.670. The van der Waals surface area contributed by atoms with Crippen molar-refractivity contribution in [1.29, 1.82) is 0 Å². The third-order valence-electron chi connectivity index (χ3n) is 0.932. The highest BCUT2D eigenvalue weighted by Gasteiger charge is 2.05. The molecule has 0 aliphatic heterocycles. The minimum Gasteiger partial charge on any atom is -0.210 e. The second kappa shape index (κ2) is 4.19. The molecule has 58 valence electrons. The van der Waals surface area contributed by atoms with Gasteiger partial charge in [-0.1, -0.05) is 17.7 Å². The summed E-state index contributed by atoms with van der Waals surface area (Å²) in [6.07, 6.45) is 2.31. The molecule has 0 heterocycles. The molecule has 0 aliphatic carbocycles. The lowest BCUT2D eigenvalue weighted by Gasteiger charge is -1.90. The van der Waals surface area contributed by atoms with Gasteiger partial charge in [0, 0.05) is 0 Å². The van der Waals surface area contributed by atoms with Crippen LogP contribution >= 0.6 is 0 Å². The SMILES string of the molecule is CCCCS(=O)(=O)N=C=O. The lowest BCUT2D eigenvalue weighted by atomic mass is 10.4. The van der Waals surface area contributed by atoms with E-state index in [1.54, 1.807) is 0 Å². The molecule has 0 atom stereocenters. The van der Waals surface area contributed by atoms with Gasteiger partial charge in [-0.2, -0.15) is 0 Å². The maximum absolute atomic E-state index is 10.6. The number of rotatable bonds is 4. The molecular weight excluding hydrogens is 154 g/mol. The average molecular weight is 163 g/mol. The third kappa shape index (κ3) is 4.23. The van der Waals surface area contributed by atoms with Gasteiger partial charge in [0.2, 0.25) is 0 Å². The topological polar surface area (TPSA) is 63.6 Å². The smallest absolute Gasteiger partial charge is 0.210 e. The van der Waals surface area contributed by atoms with Crippen LogP contribution in [0, 0.1) is 0 Å². The molecule has 0 saturated heterocycles. The third-order valence-corrected chi connectivity index (χ3v) is 2.09. The zero-order valence-corrected chi connectivity index (χ0v) is 6.52. The highest BCUT2D eigenvalue weighted by molar-refractivity contribution is 7.90. The van der Waals surface area contributed by atoms with Crippen molar-refractivity contribution in [3.05, 3.63) is 0 Å². The largest absolute Gasteiger partial charge is 0.263 e. The minimum absolute atomic E-state index is 0.0568. The summed E-state index contributed by atoms with van der Waals surface area (Å²) in [5.41, 5.74) is 0. The molecule has 0 aromatic rings. The molecule has 0 amide bonds. The molecule has 0 spiro atoms. The molecule has 0 aromatic heterocycles. The summed E-state index contributed by atoms with van der Waals surface area (Å²) in [4.78, 5) is 9.51. The number of hydrogen-bond acceptors (Lipinski definition) is 3. The normalized spacial score (nSPS) is 10.5. The molecule has 0 unspecified atom stereocenters. The summed E-state index contributed by atoms with van der Waals surface area (Å²) < 4.78 is 23.8. The van der Waals surface area contributed by atoms with Crippen molar-refractivity contribution in [2.75, 3.05) is 5.75 Å². The van der Waals surface area contributed by atoms with Crippen LogP contribution in [0.15, 0.2) is 4.40 Å². The Balaban J connectivity index is 4.02. The van der Waals surface area contributed by atoms with Crippen LogP contribution in [-0.4, -0.2) is 20.3 Å². The number of hydrogen-bond donors (Lipinski definition) is 0. The molecule has 5 heteroatoms. The fourth-order valence-electron chi connectivity index (χ4n) is 0.429. The Morgan fingerprint density at radius 3 is 2.50 bits per heavy atom. The van der Waals surface area contributed by atoms with Gasteiger partial charge in [-0.15, -0.1) is 0 Å². The molecule has 0 radical (unpaired) electrons. The molecule has 0 aromatic carbocycles. The van der Waals surface area contributed by atoms with Crippen LogP contribution in [0.1, 0.15) is 19.8 Å². The van der Waals surface area contributed by atoms with Crippen LogP contribution in [-0.2, 0) is 14.8 Å². The van der Waals surface area contributed by atoms with E-state index < -0.39 is 10.0 Å². The van der Waals surface area contributed by atoms with E-state index >= 15 is 0 Å². The Morgan fingerprint density at radius 1 is 1.50 bits per heavy atom. The molecular formula is C5H9NO3S. The quantitative estimate of drug-likeness (QED) is 0.446. The number of nitrogens with zero attached hydrogens (tertiary/aromatic N) is 1. The number of isocyanates is 1. The van der Waals surface area contributed by atoms with Crippen LogP contribution in [0.5, 0.6) is 0 Å². The molecule has 0 fully saturated rings. The first-order chi connectivity index (χ1) is 4.62. The van der Waals surface area contributed by atoms with E-state index in [-0.39, 0.29) is 5.75 Å². The Labute approximate surface area is 60.0 Å². The molecule has 0 N–H and O–H groups in total. The first-order valence-electron chi connectivity index (χ1n) is 2.94. The van der Waals surface area contributed by atoms with Crippen LogP contribution in [0.4, 0.5) is 0 Å². The summed E-state index contributed by atoms with van der Waals surface area (Å²) in [6, 6.07) is 0. The second-order valence-corrected chi connectivity index (χ2v) is 3.58. The summed E-state index contributed by atoms with van der Waals surface area (Å²) in [5, 5.41) is 0. The van der Waals surface area contributed by atoms with Crippen molar-refractivity contribution in [3.8, 4) is 0 Å². The van der Waals surface area contributed by atoms with Crippen LogP contribution in [0.25, 0.3) is 0 Å². The Kier molecular flexibility index (Phi) is 3.91. The predicted octanol–water partition coefficient (Wildman–Crippen LogP) is 0.452. The van der Waals surface area contributed by atoms with E-state index in [9.17, 15) is 13.2 Å². The zero-order valence-electron chi connectivity index (χ0n) is 5.70. The molecule has 0 saturated carbocycles. The molecule has 0 rings (SSSR count). The van der Waals surface area contributed by atoms with Crippen LogP contribution in [0.3, 0.4) is 0 Å². The van der Waals surface area contributed by atoms with Crippen molar-refractivity contribution in [2.45, 2.75) is 19.8 Å². The number of sulfonamides is 1. The Morgan fingerprint density at radius 2 is 2.10 bits per heavy atom. The van der Waals surface area contributed by atoms with Crippen molar-refractivity contribution in [1.82, 2.24) is 0 Å². The standard InChI is InChI=1S/C5H9NO3S/c1-2-3-4-10(8,9)6-5-7/h2-4H2,1H3. The fraction of sp³-hybridized carbons (Fsp3) is 0.800. The highest BCUT2D eigenvalue weighted by atomic mass is 32.2. The lowest BCUT2D eigenvalue weighted by molar-refractivity contribution is 0.563. The van der Waals surface area contributed by atoms with E-state index in [4.69, 9.17) is 0 Å². The van der Waals surface area contributed by atoms with Crippen molar-refractivity contribution >= 4 is 16.1 Å². The first kappa shape index (κ1) is 9.33. The van der Waals surface area contributed by atoms with E-state index in [2.05, 4.69) is 4.40 Å². The molecule has 10 heavy (non-hydrogen) atoms. The molecule has 0 aliphatic rings. The van der Waals surface area contributed by atoms with Crippen LogP contribution < -0.4 is 0 Å². The first-order valence-corrected chi connectivity index (χ1v) is 4.55. The van der Waals surface area contributed by atoms with Gasteiger partial charge in [-0.25, -0.2) is 13.2 Å². The Bertz CT molecular complexity index is 225. The van der Waals surface area contributed by atoms with Crippen molar-refractivity contribution in [3.63, 3.8) is 0 Å². The van der Waals surface area contributed by atoms with Gasteiger partial charge in [0.25, 0.3) is 16.1 Å². The molecule has 0 bridgehead atoms. The zero-order chi connectivity index (χ0) is 8.04. The molecule has 4 nitrogen and oxygen atoms in total. The number of carbonyl (C=O) groups excluding carboxylic acids is 1. The van der Waals surface area contributed by atoms with Gasteiger partial charge >= 0.3 is 0 Å². The van der Waals surface area contributed by atoms with E-state index in [1.165, 1.54) is 0 Å². The summed E-state index contributed by atoms with van der Waals surface area (Å²) in [7, 11) is -3.49. The van der Waals surface area contributed by atoms with Gasteiger partial charge in [0.05, 0.1) is 5.75 Å². The van der Waals surface area contributed by atoms with Gasteiger partial charge in [-0.3, -0.25) is 0 Å². The highest BCUT2D eigenvalue weighted by Crippen LogP contribution is 1.96. The average Bonchev–Trinajstić information content (AvgIpc) is 1.84. The van der Waals surface area contributed by atoms with Crippen molar-refractivity contribution < 1.29 is 13.2 Å². The van der Waals surface area contributed by atoms with E-state index in [0.717, 1.165) is 12.5 Å². The van der Waals surface area contributed by atoms with E-state index in [0.29, 0.717) is 6.42 Å². The fourth-order valence-corrected chi connectivity index (χ4v) is 1.29. The summed E-state index contributed by atoms with van der Waals surface area (Å²) in [6.45, 7) is 1.86. The lowest BCUT2D eigenvalue weighted by Crippen LogP contribution is -2.00. The van der Waals surface area contributed by atoms with Crippen LogP contribution in [0.2, 0.25) is 0 Å². The van der Waals surface area contributed by atoms with Crippen molar-refractivity contribution in [2.24, 2.45) is 4.40 Å². The predicted molar refractivity (Wildman–Crippen MR) is 36.8 cm³/mol. The monoisotopic (exact) mass is 163 g/mol.